The number of ether oxygens (including phenoxy) is 1. The first-order valence-electron chi connectivity index (χ1n) is 8.43. The summed E-state index contributed by atoms with van der Waals surface area (Å²) in [6.07, 6.45) is 1.22. The van der Waals surface area contributed by atoms with E-state index in [0.29, 0.717) is 30.8 Å². The number of aryl methyl sites for hydroxylation is 1. The van der Waals surface area contributed by atoms with Gasteiger partial charge in [-0.3, -0.25) is 0 Å². The minimum atomic E-state index is -0.929. The zero-order chi connectivity index (χ0) is 18.0. The highest BCUT2D eigenvalue weighted by Crippen LogP contribution is 2.28. The number of halogens is 2. The molecule has 1 amide bonds. The van der Waals surface area contributed by atoms with Crippen LogP contribution in [0.4, 0.5) is 19.3 Å². The second-order valence-corrected chi connectivity index (χ2v) is 6.17. The standard InChI is InChI=1S/C18H21F2N3O2/c1-3-25-18(24)23-8-6-12(7-9-23)22-15-10-11(2)21-17-13(15)4-5-14(19)16(17)20/h4-5,10,12H,3,6-9H2,1-2H3,(H,21,22). The Morgan fingerprint density at radius 1 is 1.36 bits per heavy atom. The third-order valence-electron chi connectivity index (χ3n) is 4.38. The maximum absolute atomic E-state index is 14.0. The van der Waals surface area contributed by atoms with Crippen LogP contribution in [0.2, 0.25) is 0 Å². The van der Waals surface area contributed by atoms with Crippen molar-refractivity contribution < 1.29 is 18.3 Å². The second kappa shape index (κ2) is 7.21. The third-order valence-corrected chi connectivity index (χ3v) is 4.38. The molecule has 134 valence electrons. The van der Waals surface area contributed by atoms with Crippen LogP contribution in [0, 0.1) is 18.6 Å². The summed E-state index contributed by atoms with van der Waals surface area (Å²) in [7, 11) is 0. The molecule has 1 saturated heterocycles. The smallest absolute Gasteiger partial charge is 0.409 e. The first kappa shape index (κ1) is 17.4. The molecular weight excluding hydrogens is 328 g/mol. The van der Waals surface area contributed by atoms with Crippen LogP contribution in [-0.4, -0.2) is 41.7 Å². The maximum atomic E-state index is 14.0. The zero-order valence-electron chi connectivity index (χ0n) is 14.3. The summed E-state index contributed by atoms with van der Waals surface area (Å²) >= 11 is 0. The predicted molar refractivity (Wildman–Crippen MR) is 91.6 cm³/mol. The molecule has 0 radical (unpaired) electrons. The third kappa shape index (κ3) is 3.65. The Labute approximate surface area is 145 Å². The average molecular weight is 349 g/mol. The lowest BCUT2D eigenvalue weighted by Gasteiger charge is -2.32. The fraction of sp³-hybridized carbons (Fsp3) is 0.444. The van der Waals surface area contributed by atoms with Crippen LogP contribution in [0.25, 0.3) is 10.9 Å². The SMILES string of the molecule is CCOC(=O)N1CCC(Nc2cc(C)nc3c(F)c(F)ccc23)CC1. The number of nitrogens with one attached hydrogen (secondary N) is 1. The minimum Gasteiger partial charge on any atom is -0.450 e. The molecule has 25 heavy (non-hydrogen) atoms. The van der Waals surface area contributed by atoms with Crippen LogP contribution in [0.3, 0.4) is 0 Å². The number of nitrogens with zero attached hydrogens (tertiary/aromatic N) is 2. The van der Waals surface area contributed by atoms with Gasteiger partial charge in [0.25, 0.3) is 0 Å². The van der Waals surface area contributed by atoms with E-state index in [4.69, 9.17) is 4.74 Å². The number of piperidine rings is 1. The zero-order valence-corrected chi connectivity index (χ0v) is 14.3. The van der Waals surface area contributed by atoms with E-state index in [1.807, 2.05) is 6.07 Å². The van der Waals surface area contributed by atoms with Crippen molar-refractivity contribution in [2.75, 3.05) is 25.0 Å². The van der Waals surface area contributed by atoms with Crippen LogP contribution < -0.4 is 5.32 Å². The number of likely N-dealkylation sites (tertiary alicyclic amines) is 1. The van der Waals surface area contributed by atoms with Crippen molar-refractivity contribution >= 4 is 22.7 Å². The highest BCUT2D eigenvalue weighted by Gasteiger charge is 2.24. The molecule has 2 aromatic rings. The Bertz CT molecular complexity index is 789. The number of hydrogen-bond donors (Lipinski definition) is 1. The Morgan fingerprint density at radius 2 is 2.08 bits per heavy atom. The molecule has 0 spiro atoms. The normalized spacial score (nSPS) is 15.4. The van der Waals surface area contributed by atoms with Gasteiger partial charge in [0.15, 0.2) is 11.6 Å². The molecule has 3 rings (SSSR count). The topological polar surface area (TPSA) is 54.5 Å². The number of amides is 1. The van der Waals surface area contributed by atoms with Gasteiger partial charge in [0, 0.05) is 35.9 Å². The molecule has 0 bridgehead atoms. The van der Waals surface area contributed by atoms with Crippen molar-refractivity contribution in [2.24, 2.45) is 0 Å². The monoisotopic (exact) mass is 349 g/mol. The van der Waals surface area contributed by atoms with Gasteiger partial charge in [-0.25, -0.2) is 18.6 Å². The van der Waals surface area contributed by atoms with E-state index in [1.54, 1.807) is 18.7 Å². The van der Waals surface area contributed by atoms with Gasteiger partial charge < -0.3 is 15.0 Å². The molecule has 0 unspecified atom stereocenters. The van der Waals surface area contributed by atoms with Gasteiger partial charge in [-0.15, -0.1) is 0 Å². The van der Waals surface area contributed by atoms with Crippen LogP contribution in [0.15, 0.2) is 18.2 Å². The molecule has 1 aromatic carbocycles. The Kier molecular flexibility index (Phi) is 5.01. The molecule has 1 aliphatic rings. The van der Waals surface area contributed by atoms with Gasteiger partial charge in [-0.1, -0.05) is 0 Å². The highest BCUT2D eigenvalue weighted by molar-refractivity contribution is 5.92. The lowest BCUT2D eigenvalue weighted by molar-refractivity contribution is 0.0983. The summed E-state index contributed by atoms with van der Waals surface area (Å²) in [4.78, 5) is 17.6. The molecule has 1 fully saturated rings. The quantitative estimate of drug-likeness (QED) is 0.914. The van der Waals surface area contributed by atoms with E-state index in [0.717, 1.165) is 24.6 Å². The van der Waals surface area contributed by atoms with Gasteiger partial charge >= 0.3 is 6.09 Å². The van der Waals surface area contributed by atoms with Gasteiger partial charge in [0.2, 0.25) is 0 Å². The van der Waals surface area contributed by atoms with Crippen molar-refractivity contribution in [2.45, 2.75) is 32.7 Å². The summed E-state index contributed by atoms with van der Waals surface area (Å²) in [5.41, 5.74) is 1.38. The van der Waals surface area contributed by atoms with Crippen molar-refractivity contribution in [3.05, 3.63) is 35.5 Å². The fourth-order valence-electron chi connectivity index (χ4n) is 3.12. The van der Waals surface area contributed by atoms with E-state index in [9.17, 15) is 13.6 Å². The molecule has 2 heterocycles. The lowest BCUT2D eigenvalue weighted by Crippen LogP contribution is -2.42. The van der Waals surface area contributed by atoms with Crippen molar-refractivity contribution in [3.8, 4) is 0 Å². The molecule has 0 aliphatic carbocycles. The van der Waals surface area contributed by atoms with E-state index < -0.39 is 11.6 Å². The molecule has 5 nitrogen and oxygen atoms in total. The number of benzene rings is 1. The summed E-state index contributed by atoms with van der Waals surface area (Å²) in [6, 6.07) is 4.63. The summed E-state index contributed by atoms with van der Waals surface area (Å²) in [6.45, 7) is 5.09. The largest absolute Gasteiger partial charge is 0.450 e. The Balaban J connectivity index is 1.76. The molecular formula is C18H21F2N3O2. The van der Waals surface area contributed by atoms with Crippen LogP contribution in [0.1, 0.15) is 25.5 Å². The number of fused-ring (bicyclic) bond motifs is 1. The van der Waals surface area contributed by atoms with Crippen LogP contribution >= 0.6 is 0 Å². The molecule has 1 aromatic heterocycles. The first-order chi connectivity index (χ1) is 12.0. The van der Waals surface area contributed by atoms with Gasteiger partial charge in [0.05, 0.1) is 6.61 Å². The number of rotatable bonds is 3. The Morgan fingerprint density at radius 3 is 2.76 bits per heavy atom. The summed E-state index contributed by atoms with van der Waals surface area (Å²) in [5, 5.41) is 3.95. The summed E-state index contributed by atoms with van der Waals surface area (Å²) in [5.74, 6) is -1.83. The highest BCUT2D eigenvalue weighted by atomic mass is 19.2. The second-order valence-electron chi connectivity index (χ2n) is 6.17. The number of carbonyl (C=O) groups excluding carboxylic acids is 1. The molecule has 1 aliphatic heterocycles. The number of anilines is 1. The van der Waals surface area contributed by atoms with Gasteiger partial charge in [0.1, 0.15) is 5.52 Å². The average Bonchev–Trinajstić information content (AvgIpc) is 2.59. The van der Waals surface area contributed by atoms with Crippen LogP contribution in [-0.2, 0) is 4.74 Å². The van der Waals surface area contributed by atoms with E-state index in [2.05, 4.69) is 10.3 Å². The fourth-order valence-corrected chi connectivity index (χ4v) is 3.12. The molecule has 0 atom stereocenters. The maximum Gasteiger partial charge on any atom is 0.409 e. The van der Waals surface area contributed by atoms with Crippen molar-refractivity contribution in [3.63, 3.8) is 0 Å². The number of hydrogen-bond acceptors (Lipinski definition) is 4. The number of carbonyl (C=O) groups is 1. The first-order valence-corrected chi connectivity index (χ1v) is 8.43. The van der Waals surface area contributed by atoms with E-state index in [1.165, 1.54) is 6.07 Å². The van der Waals surface area contributed by atoms with E-state index >= 15 is 0 Å². The van der Waals surface area contributed by atoms with Crippen LogP contribution in [0.5, 0.6) is 0 Å². The number of pyridine rings is 1. The molecule has 7 heteroatoms. The van der Waals surface area contributed by atoms with E-state index in [-0.39, 0.29) is 17.7 Å². The van der Waals surface area contributed by atoms with Crippen molar-refractivity contribution in [1.82, 2.24) is 9.88 Å². The Hall–Kier alpha value is -2.44. The van der Waals surface area contributed by atoms with Crippen molar-refractivity contribution in [1.29, 1.82) is 0 Å². The number of aromatic nitrogens is 1. The predicted octanol–water partition coefficient (Wildman–Crippen LogP) is 3.85. The van der Waals surface area contributed by atoms with Gasteiger partial charge in [-0.2, -0.15) is 0 Å². The minimum absolute atomic E-state index is 0.0338. The molecule has 1 N–H and O–H groups in total. The molecule has 0 saturated carbocycles. The lowest BCUT2D eigenvalue weighted by atomic mass is 10.0. The van der Waals surface area contributed by atoms with Gasteiger partial charge in [-0.05, 0) is 44.9 Å². The summed E-state index contributed by atoms with van der Waals surface area (Å²) < 4.78 is 32.5.